The summed E-state index contributed by atoms with van der Waals surface area (Å²) >= 11 is 0. The summed E-state index contributed by atoms with van der Waals surface area (Å²) in [5, 5.41) is 0. The van der Waals surface area contributed by atoms with Crippen LogP contribution in [0.2, 0.25) is 0 Å². The predicted molar refractivity (Wildman–Crippen MR) is 69.6 cm³/mol. The van der Waals surface area contributed by atoms with E-state index in [1.54, 1.807) is 0 Å². The van der Waals surface area contributed by atoms with Crippen molar-refractivity contribution in [2.75, 3.05) is 26.4 Å². The lowest BCUT2D eigenvalue weighted by atomic mass is 9.95. The van der Waals surface area contributed by atoms with Crippen molar-refractivity contribution in [1.82, 2.24) is 0 Å². The first-order valence-electron chi connectivity index (χ1n) is 5.90. The van der Waals surface area contributed by atoms with E-state index in [9.17, 15) is 43.2 Å². The van der Waals surface area contributed by atoms with Crippen LogP contribution in [0.25, 0.3) is 0 Å². The molecule has 148 valence electrons. The lowest BCUT2D eigenvalue weighted by Gasteiger charge is -2.28. The first-order chi connectivity index (χ1) is 11.0. The van der Waals surface area contributed by atoms with Gasteiger partial charge in [-0.05, 0) is 0 Å². The summed E-state index contributed by atoms with van der Waals surface area (Å²) in [6.07, 6.45) is 4.83. The molecule has 7 nitrogen and oxygen atoms in total. The molecular weight excluding hydrogens is 410 g/mol. The van der Waals surface area contributed by atoms with Gasteiger partial charge in [0.25, 0.3) is 0 Å². The minimum atomic E-state index is -6.07. The number of alkyl halides is 6. The molecule has 0 spiro atoms. The summed E-state index contributed by atoms with van der Waals surface area (Å²) in [5.41, 5.74) is -13.6. The van der Waals surface area contributed by atoms with Crippen molar-refractivity contribution in [3.05, 3.63) is 0 Å². The molecule has 0 aliphatic heterocycles. The zero-order valence-corrected chi connectivity index (χ0v) is 14.0. The van der Waals surface area contributed by atoms with Crippen molar-refractivity contribution in [2.24, 2.45) is 5.41 Å². The Morgan fingerprint density at radius 1 is 0.840 bits per heavy atom. The van der Waals surface area contributed by atoms with Crippen LogP contribution in [-0.2, 0) is 33.3 Å². The average molecular weight is 422 g/mol. The quantitative estimate of drug-likeness (QED) is 0.182. The van der Waals surface area contributed by atoms with Gasteiger partial charge >= 0.3 is 31.3 Å². The minimum Gasteiger partial charge on any atom is -0.368 e. The highest BCUT2D eigenvalue weighted by atomic mass is 32.2. The molecule has 0 aromatic heterocycles. The molecule has 0 unspecified atom stereocenters. The zero-order chi connectivity index (χ0) is 20.2. The molecule has 25 heavy (non-hydrogen) atoms. The molecule has 0 saturated carbocycles. The zero-order valence-electron chi connectivity index (χ0n) is 12.3. The number of rotatable bonds is 9. The fourth-order valence-corrected chi connectivity index (χ4v) is 2.20. The monoisotopic (exact) mass is 422 g/mol. The number of ether oxygens (including phenoxy) is 1. The van der Waals surface area contributed by atoms with E-state index in [-0.39, 0.29) is 0 Å². The van der Waals surface area contributed by atoms with E-state index in [4.69, 9.17) is 11.2 Å². The number of terminal acetylenes is 1. The van der Waals surface area contributed by atoms with Crippen LogP contribution in [0.1, 0.15) is 6.92 Å². The summed E-state index contributed by atoms with van der Waals surface area (Å²) in [6, 6.07) is 0. The molecule has 0 aliphatic rings. The Kier molecular flexibility index (Phi) is 7.73. The first kappa shape index (κ1) is 23.9. The molecular formula is C10H12F6O7S2. The van der Waals surface area contributed by atoms with Crippen molar-refractivity contribution in [3.8, 4) is 12.3 Å². The van der Waals surface area contributed by atoms with Crippen molar-refractivity contribution in [2.45, 2.75) is 17.9 Å². The van der Waals surface area contributed by atoms with Crippen LogP contribution in [0.3, 0.4) is 0 Å². The van der Waals surface area contributed by atoms with Crippen LogP contribution >= 0.6 is 0 Å². The molecule has 0 heterocycles. The Balaban J connectivity index is 5.24. The van der Waals surface area contributed by atoms with Gasteiger partial charge in [0.15, 0.2) is 0 Å². The summed E-state index contributed by atoms with van der Waals surface area (Å²) in [4.78, 5) is 0. The molecule has 0 amide bonds. The summed E-state index contributed by atoms with van der Waals surface area (Å²) < 4.78 is 129. The van der Waals surface area contributed by atoms with Crippen LogP contribution in [0, 0.1) is 17.8 Å². The third-order valence-electron chi connectivity index (χ3n) is 2.33. The Morgan fingerprint density at radius 2 is 1.20 bits per heavy atom. The highest BCUT2D eigenvalue weighted by molar-refractivity contribution is 7.87. The van der Waals surface area contributed by atoms with Crippen molar-refractivity contribution < 1.29 is 56.3 Å². The fraction of sp³-hybridized carbons (Fsp3) is 0.800. The summed E-state index contributed by atoms with van der Waals surface area (Å²) in [7, 11) is -12.1. The third-order valence-corrected chi connectivity index (χ3v) is 4.32. The average Bonchev–Trinajstić information content (AvgIpc) is 2.41. The van der Waals surface area contributed by atoms with E-state index in [1.165, 1.54) is 0 Å². The van der Waals surface area contributed by atoms with Crippen LogP contribution in [0.15, 0.2) is 0 Å². The van der Waals surface area contributed by atoms with Gasteiger partial charge < -0.3 is 4.74 Å². The Labute approximate surface area is 139 Å². The maximum Gasteiger partial charge on any atom is 0.523 e. The van der Waals surface area contributed by atoms with E-state index in [0.717, 1.165) is 6.92 Å². The van der Waals surface area contributed by atoms with Crippen LogP contribution in [0.4, 0.5) is 26.3 Å². The maximum absolute atomic E-state index is 12.2. The van der Waals surface area contributed by atoms with Crippen LogP contribution < -0.4 is 0 Å². The van der Waals surface area contributed by atoms with Gasteiger partial charge in [0.1, 0.15) is 6.61 Å². The minimum absolute atomic E-state index is 0.437. The molecule has 0 atom stereocenters. The van der Waals surface area contributed by atoms with Gasteiger partial charge in [-0.2, -0.15) is 43.2 Å². The van der Waals surface area contributed by atoms with Crippen molar-refractivity contribution in [3.63, 3.8) is 0 Å². The second kappa shape index (κ2) is 8.08. The van der Waals surface area contributed by atoms with Crippen LogP contribution in [0.5, 0.6) is 0 Å². The van der Waals surface area contributed by atoms with E-state index < -0.39 is 63.1 Å². The van der Waals surface area contributed by atoms with Gasteiger partial charge in [-0.3, -0.25) is 8.37 Å². The Morgan fingerprint density at radius 3 is 1.48 bits per heavy atom. The molecule has 0 aromatic carbocycles. The molecule has 0 N–H and O–H groups in total. The molecule has 0 radical (unpaired) electrons. The summed E-state index contributed by atoms with van der Waals surface area (Å²) in [6.45, 7) is -3.08. The number of hydrogen-bond donors (Lipinski definition) is 0. The van der Waals surface area contributed by atoms with Gasteiger partial charge in [-0.25, -0.2) is 0 Å². The molecule has 0 saturated heterocycles. The topological polar surface area (TPSA) is 96.0 Å². The smallest absolute Gasteiger partial charge is 0.368 e. The molecule has 0 aromatic rings. The third kappa shape index (κ3) is 7.36. The van der Waals surface area contributed by atoms with Crippen molar-refractivity contribution >= 4 is 20.2 Å². The molecule has 0 rings (SSSR count). The van der Waals surface area contributed by atoms with Gasteiger partial charge in [0.05, 0.1) is 19.8 Å². The maximum atomic E-state index is 12.2. The highest BCUT2D eigenvalue weighted by Crippen LogP contribution is 2.30. The Hall–Kier alpha value is -1.08. The molecule has 0 aliphatic carbocycles. The second-order valence-corrected chi connectivity index (χ2v) is 8.05. The normalized spacial score (nSPS) is 14.3. The van der Waals surface area contributed by atoms with Crippen molar-refractivity contribution in [1.29, 1.82) is 0 Å². The lowest BCUT2D eigenvalue weighted by Crippen LogP contribution is -2.39. The lowest BCUT2D eigenvalue weighted by molar-refractivity contribution is -0.0660. The first-order valence-corrected chi connectivity index (χ1v) is 8.72. The van der Waals surface area contributed by atoms with Gasteiger partial charge in [-0.1, -0.05) is 12.8 Å². The van der Waals surface area contributed by atoms with Gasteiger partial charge in [0.2, 0.25) is 0 Å². The molecule has 0 fully saturated rings. The standard InChI is InChI=1S/C10H12F6O7S2/c1-3-4-21-5-8(2,6-22-24(17,18)9(11,12)13)7-23-25(19,20)10(14,15)16/h1H,4-7H2,2H3. The van der Waals surface area contributed by atoms with E-state index in [1.807, 2.05) is 5.92 Å². The van der Waals surface area contributed by atoms with E-state index >= 15 is 0 Å². The van der Waals surface area contributed by atoms with Crippen LogP contribution in [-0.4, -0.2) is 54.3 Å². The van der Waals surface area contributed by atoms with Gasteiger partial charge in [0, 0.05) is 5.41 Å². The van der Waals surface area contributed by atoms with E-state index in [2.05, 4.69) is 8.37 Å². The van der Waals surface area contributed by atoms with Gasteiger partial charge in [-0.15, -0.1) is 6.42 Å². The number of hydrogen-bond acceptors (Lipinski definition) is 7. The molecule has 0 bridgehead atoms. The predicted octanol–water partition coefficient (Wildman–Crippen LogP) is 1.37. The Bertz CT molecular complexity index is 639. The fourth-order valence-electron chi connectivity index (χ4n) is 1.05. The SMILES string of the molecule is C#CCOCC(C)(COS(=O)(=O)C(F)(F)F)COS(=O)(=O)C(F)(F)F. The largest absolute Gasteiger partial charge is 0.523 e. The number of halogens is 6. The second-order valence-electron chi connectivity index (χ2n) is 4.83. The van der Waals surface area contributed by atoms with E-state index in [0.29, 0.717) is 0 Å². The molecule has 15 heteroatoms. The summed E-state index contributed by atoms with van der Waals surface area (Å²) in [5.74, 6) is 1.93. The highest BCUT2D eigenvalue weighted by Gasteiger charge is 2.50.